The third-order valence-electron chi connectivity index (χ3n) is 3.76. The van der Waals surface area contributed by atoms with Gasteiger partial charge >= 0.3 is 31.1 Å². The second-order valence-electron chi connectivity index (χ2n) is 6.22. The summed E-state index contributed by atoms with van der Waals surface area (Å²) in [6.07, 6.45) is 4.28. The molecule has 0 aromatic heterocycles. The van der Waals surface area contributed by atoms with E-state index >= 15 is 0 Å². The van der Waals surface area contributed by atoms with Crippen LogP contribution in [0.4, 0.5) is 0 Å². The van der Waals surface area contributed by atoms with Crippen LogP contribution in [-0.4, -0.2) is 70.6 Å². The predicted molar refractivity (Wildman–Crippen MR) is 109 cm³/mol. The maximum atomic E-state index is 10.2. The summed E-state index contributed by atoms with van der Waals surface area (Å²) in [5.74, 6) is 0. The molecule has 0 amide bonds. The molecule has 0 aliphatic rings. The van der Waals surface area contributed by atoms with E-state index in [4.69, 9.17) is 24.7 Å². The van der Waals surface area contributed by atoms with Crippen molar-refractivity contribution in [1.29, 1.82) is 0 Å². The molecular weight excluding hydrogens is 572 g/mol. The minimum absolute atomic E-state index is 0. The second kappa shape index (κ2) is 24.8. The van der Waals surface area contributed by atoms with Crippen LogP contribution in [0.1, 0.15) is 40.0 Å². The molecule has 0 saturated carbocycles. The molecule has 0 bridgehead atoms. The average molecular weight is 617 g/mol. The van der Waals surface area contributed by atoms with Crippen LogP contribution in [-0.2, 0) is 18.9 Å². The molecule has 0 rings (SSSR count). The topological polar surface area (TPSA) is 83.2 Å². The number of hydrogen-bond donors (Lipinski definition) is 2. The standard InChI is InChI=1S/C18H38NO5.2CH3.U/c1-4-6-7-17(20)18(3,15-19)16-24-14-13-23-12-11-22-10-9-21-8-5-2;;;/h7,17,20H,4-6,8-16,19H2,1-3H3;2*1H3;/q3*-1;+3/t17-,18+;;;/m1.../s1. The van der Waals surface area contributed by atoms with Gasteiger partial charge in [0.25, 0.3) is 0 Å². The van der Waals surface area contributed by atoms with Gasteiger partial charge in [-0.05, 0) is 13.0 Å². The molecule has 27 heavy (non-hydrogen) atoms. The smallest absolute Gasteiger partial charge is 0.424 e. The van der Waals surface area contributed by atoms with E-state index in [1.165, 1.54) is 0 Å². The summed E-state index contributed by atoms with van der Waals surface area (Å²) in [6, 6.07) is 0. The SMILES string of the molecule is CCC[CH-][C@@H](O)[C@@](C)(CN)COCCOCCOCCOCCC.[CH3-].[CH3-].[U+3]. The minimum atomic E-state index is -0.549. The first kappa shape index (κ1) is 35.3. The van der Waals surface area contributed by atoms with E-state index in [0.29, 0.717) is 52.8 Å². The van der Waals surface area contributed by atoms with E-state index in [1.54, 1.807) is 0 Å². The van der Waals surface area contributed by atoms with Crippen molar-refractivity contribution in [3.05, 3.63) is 21.3 Å². The van der Waals surface area contributed by atoms with Gasteiger partial charge < -0.3 is 44.6 Å². The second-order valence-corrected chi connectivity index (χ2v) is 6.22. The Labute approximate surface area is 192 Å². The molecule has 0 aliphatic carbocycles. The minimum Gasteiger partial charge on any atom is -0.424 e. The predicted octanol–water partition coefficient (Wildman–Crippen LogP) is 2.69. The Morgan fingerprint density at radius 1 is 0.852 bits per heavy atom. The number of nitrogens with two attached hydrogens (primary N) is 1. The first-order valence-corrected chi connectivity index (χ1v) is 9.13. The molecule has 2 atom stereocenters. The van der Waals surface area contributed by atoms with Gasteiger partial charge in [-0.1, -0.05) is 33.3 Å². The molecule has 0 saturated heterocycles. The van der Waals surface area contributed by atoms with Gasteiger partial charge in [-0.3, -0.25) is 6.42 Å². The summed E-state index contributed by atoms with van der Waals surface area (Å²) in [5.41, 5.74) is 5.35. The van der Waals surface area contributed by atoms with E-state index in [-0.39, 0.29) is 46.0 Å². The summed E-state index contributed by atoms with van der Waals surface area (Å²) in [5, 5.41) is 10.2. The molecule has 7 heteroatoms. The molecule has 6 nitrogen and oxygen atoms in total. The molecular formula is C20H44NO5U. The Kier molecular flexibility index (Phi) is 32.5. The van der Waals surface area contributed by atoms with Crippen molar-refractivity contribution in [1.82, 2.24) is 0 Å². The summed E-state index contributed by atoms with van der Waals surface area (Å²) >= 11 is 0. The quantitative estimate of drug-likeness (QED) is 0.182. The summed E-state index contributed by atoms with van der Waals surface area (Å²) in [6.45, 7) is 11.0. The van der Waals surface area contributed by atoms with Gasteiger partial charge in [0, 0.05) is 12.0 Å². The van der Waals surface area contributed by atoms with Crippen LogP contribution in [0.15, 0.2) is 0 Å². The number of hydrogen-bond acceptors (Lipinski definition) is 6. The van der Waals surface area contributed by atoms with Gasteiger partial charge in [0.05, 0.1) is 46.2 Å². The van der Waals surface area contributed by atoms with Gasteiger partial charge in [-0.25, -0.2) is 0 Å². The first-order chi connectivity index (χ1) is 11.6. The van der Waals surface area contributed by atoms with E-state index in [0.717, 1.165) is 25.9 Å². The van der Waals surface area contributed by atoms with Crippen molar-refractivity contribution in [3.8, 4) is 0 Å². The van der Waals surface area contributed by atoms with Crippen LogP contribution < -0.4 is 5.73 Å². The van der Waals surface area contributed by atoms with Crippen LogP contribution in [0.3, 0.4) is 0 Å². The van der Waals surface area contributed by atoms with Gasteiger partial charge in [-0.15, -0.1) is 0 Å². The fourth-order valence-electron chi connectivity index (χ4n) is 1.98. The zero-order chi connectivity index (χ0) is 18.1. The van der Waals surface area contributed by atoms with Gasteiger partial charge in [0.1, 0.15) is 0 Å². The third-order valence-corrected chi connectivity index (χ3v) is 3.76. The van der Waals surface area contributed by atoms with E-state index in [1.807, 2.05) is 13.3 Å². The van der Waals surface area contributed by atoms with Crippen LogP contribution >= 0.6 is 0 Å². The van der Waals surface area contributed by atoms with Crippen molar-refractivity contribution >= 4 is 0 Å². The Bertz CT molecular complexity index is 275. The summed E-state index contributed by atoms with van der Waals surface area (Å²) in [4.78, 5) is 0. The Morgan fingerprint density at radius 3 is 1.70 bits per heavy atom. The van der Waals surface area contributed by atoms with Crippen molar-refractivity contribution in [2.45, 2.75) is 46.1 Å². The Hall–Kier alpha value is 0.812. The Balaban J connectivity index is -0.000000882. The monoisotopic (exact) mass is 616 g/mol. The Morgan fingerprint density at radius 2 is 1.30 bits per heavy atom. The fourth-order valence-corrected chi connectivity index (χ4v) is 1.98. The summed E-state index contributed by atoms with van der Waals surface area (Å²) in [7, 11) is 0. The van der Waals surface area contributed by atoms with Crippen LogP contribution in [0.5, 0.6) is 0 Å². The maximum Gasteiger partial charge on any atom is 3.00 e. The van der Waals surface area contributed by atoms with Crippen LogP contribution in [0, 0.1) is 57.8 Å². The normalized spacial score (nSPS) is 13.7. The molecule has 0 aromatic carbocycles. The van der Waals surface area contributed by atoms with Gasteiger partial charge in [-0.2, -0.15) is 6.42 Å². The molecule has 0 fully saturated rings. The third kappa shape index (κ3) is 19.9. The molecule has 0 aliphatic heterocycles. The molecule has 0 spiro atoms. The molecule has 0 aromatic rings. The largest absolute Gasteiger partial charge is 3.00 e. The number of unbranched alkanes of at least 4 members (excludes halogenated alkanes) is 1. The molecule has 3 N–H and O–H groups in total. The maximum absolute atomic E-state index is 10.2. The van der Waals surface area contributed by atoms with E-state index < -0.39 is 11.5 Å². The average Bonchev–Trinajstić information content (AvgIpc) is 2.60. The zero-order valence-electron chi connectivity index (χ0n) is 18.3. The number of ether oxygens (including phenoxy) is 4. The van der Waals surface area contributed by atoms with Crippen LogP contribution in [0.2, 0.25) is 0 Å². The van der Waals surface area contributed by atoms with E-state index in [9.17, 15) is 5.11 Å². The van der Waals surface area contributed by atoms with Gasteiger partial charge in [0.15, 0.2) is 0 Å². The molecule has 1 radical (unpaired) electrons. The van der Waals surface area contributed by atoms with Crippen molar-refractivity contribution < 1.29 is 55.2 Å². The molecule has 0 unspecified atom stereocenters. The van der Waals surface area contributed by atoms with Crippen molar-refractivity contribution in [3.63, 3.8) is 0 Å². The summed E-state index contributed by atoms with van der Waals surface area (Å²) < 4.78 is 21.8. The van der Waals surface area contributed by atoms with Crippen LogP contribution in [0.25, 0.3) is 0 Å². The number of aliphatic hydroxyl groups excluding tert-OH is 1. The van der Waals surface area contributed by atoms with Gasteiger partial charge in [0.2, 0.25) is 0 Å². The number of rotatable bonds is 18. The number of aliphatic hydroxyl groups is 1. The molecule has 0 heterocycles. The fraction of sp³-hybridized carbons (Fsp3) is 0.850. The molecule has 163 valence electrons. The van der Waals surface area contributed by atoms with E-state index in [2.05, 4.69) is 13.8 Å². The first-order valence-electron chi connectivity index (χ1n) is 9.13. The zero-order valence-corrected chi connectivity index (χ0v) is 22.5. The van der Waals surface area contributed by atoms with Crippen molar-refractivity contribution in [2.75, 3.05) is 59.4 Å². The van der Waals surface area contributed by atoms with Crippen molar-refractivity contribution in [2.24, 2.45) is 11.1 Å².